The van der Waals surface area contributed by atoms with Crippen molar-refractivity contribution in [1.29, 1.82) is 0 Å². The van der Waals surface area contributed by atoms with Crippen molar-refractivity contribution in [3.05, 3.63) is 58.0 Å². The van der Waals surface area contributed by atoms with Gasteiger partial charge in [0.15, 0.2) is 0 Å². The maximum absolute atomic E-state index is 5.56. The number of hydrogen-bond donors (Lipinski definition) is 0. The molecule has 0 atom stereocenters. The molecule has 0 aliphatic carbocycles. The second kappa shape index (κ2) is 5.52. The first-order valence-corrected chi connectivity index (χ1v) is 6.41. The third-order valence-corrected chi connectivity index (χ3v) is 3.06. The molecule has 2 aromatic rings. The molecular weight excluding hydrogens is 278 g/mol. The molecule has 0 N–H and O–H groups in total. The van der Waals surface area contributed by atoms with E-state index >= 15 is 0 Å². The largest absolute Gasteiger partial charge is 0.465 e. The van der Waals surface area contributed by atoms with E-state index in [9.17, 15) is 0 Å². The Morgan fingerprint density at radius 2 is 2.00 bits per heavy atom. The summed E-state index contributed by atoms with van der Waals surface area (Å²) in [5.41, 5.74) is 1.30. The number of furan rings is 1. The van der Waals surface area contributed by atoms with Crippen molar-refractivity contribution in [3.8, 4) is 0 Å². The van der Waals surface area contributed by atoms with Gasteiger partial charge in [0.2, 0.25) is 0 Å². The number of aryl methyl sites for hydroxylation is 1. The highest BCUT2D eigenvalue weighted by Gasteiger charge is 2.05. The highest BCUT2D eigenvalue weighted by atomic mass is 79.9. The molecule has 2 rings (SSSR count). The second-order valence-electron chi connectivity index (χ2n) is 4.31. The highest BCUT2D eigenvalue weighted by Crippen LogP contribution is 2.15. The fourth-order valence-corrected chi connectivity index (χ4v) is 2.29. The fourth-order valence-electron chi connectivity index (χ4n) is 1.84. The fraction of sp³-hybridized carbons (Fsp3) is 0.286. The van der Waals surface area contributed by atoms with E-state index in [1.807, 2.05) is 25.1 Å². The van der Waals surface area contributed by atoms with Gasteiger partial charge in [-0.15, -0.1) is 0 Å². The summed E-state index contributed by atoms with van der Waals surface area (Å²) in [5, 5.41) is 0. The van der Waals surface area contributed by atoms with Crippen LogP contribution in [0.1, 0.15) is 17.1 Å². The first-order chi connectivity index (χ1) is 8.13. The summed E-state index contributed by atoms with van der Waals surface area (Å²) in [4.78, 5) is 2.24. The third-order valence-electron chi connectivity index (χ3n) is 2.56. The molecule has 90 valence electrons. The molecule has 3 heteroatoms. The van der Waals surface area contributed by atoms with Crippen molar-refractivity contribution in [1.82, 2.24) is 4.90 Å². The van der Waals surface area contributed by atoms with E-state index in [1.54, 1.807) is 0 Å². The Hall–Kier alpha value is -1.06. The zero-order valence-electron chi connectivity index (χ0n) is 10.1. The Bertz CT molecular complexity index is 492. The Labute approximate surface area is 110 Å². The number of nitrogens with zero attached hydrogens (tertiary/aromatic N) is 1. The maximum Gasteiger partial charge on any atom is 0.118 e. The average Bonchev–Trinajstić information content (AvgIpc) is 2.63. The molecule has 0 amide bonds. The molecule has 2 nitrogen and oxygen atoms in total. The normalized spacial score (nSPS) is 11.1. The number of hydrogen-bond acceptors (Lipinski definition) is 2. The van der Waals surface area contributed by atoms with Gasteiger partial charge in [-0.25, -0.2) is 0 Å². The topological polar surface area (TPSA) is 16.4 Å². The van der Waals surface area contributed by atoms with Crippen molar-refractivity contribution in [2.75, 3.05) is 7.05 Å². The van der Waals surface area contributed by atoms with Gasteiger partial charge in [0.05, 0.1) is 6.54 Å². The Morgan fingerprint density at radius 3 is 2.65 bits per heavy atom. The van der Waals surface area contributed by atoms with Crippen LogP contribution in [-0.4, -0.2) is 11.9 Å². The van der Waals surface area contributed by atoms with Crippen molar-refractivity contribution < 1.29 is 4.42 Å². The predicted molar refractivity (Wildman–Crippen MR) is 72.8 cm³/mol. The molecular formula is C14H16BrNO. The Kier molecular flexibility index (Phi) is 4.02. The highest BCUT2D eigenvalue weighted by molar-refractivity contribution is 9.10. The summed E-state index contributed by atoms with van der Waals surface area (Å²) >= 11 is 3.49. The van der Waals surface area contributed by atoms with E-state index in [1.165, 1.54) is 5.56 Å². The lowest BCUT2D eigenvalue weighted by Gasteiger charge is -2.15. The van der Waals surface area contributed by atoms with Crippen LogP contribution in [0.2, 0.25) is 0 Å². The summed E-state index contributed by atoms with van der Waals surface area (Å²) < 4.78 is 6.69. The predicted octanol–water partition coefficient (Wildman–Crippen LogP) is 3.98. The van der Waals surface area contributed by atoms with Crippen molar-refractivity contribution in [2.24, 2.45) is 0 Å². The molecule has 1 aromatic carbocycles. The summed E-state index contributed by atoms with van der Waals surface area (Å²) in [5.74, 6) is 1.98. The van der Waals surface area contributed by atoms with Crippen LogP contribution in [0.25, 0.3) is 0 Å². The number of benzene rings is 1. The van der Waals surface area contributed by atoms with Crippen LogP contribution in [-0.2, 0) is 13.1 Å². The molecule has 17 heavy (non-hydrogen) atoms. The van der Waals surface area contributed by atoms with Gasteiger partial charge in [0, 0.05) is 11.0 Å². The lowest BCUT2D eigenvalue weighted by Crippen LogP contribution is -2.16. The van der Waals surface area contributed by atoms with E-state index < -0.39 is 0 Å². The third kappa shape index (κ3) is 3.72. The minimum atomic E-state index is 0.834. The average molecular weight is 294 g/mol. The first kappa shape index (κ1) is 12.4. The van der Waals surface area contributed by atoms with Gasteiger partial charge < -0.3 is 4.42 Å². The van der Waals surface area contributed by atoms with E-state index in [0.717, 1.165) is 29.1 Å². The van der Waals surface area contributed by atoms with Gasteiger partial charge in [0.1, 0.15) is 11.5 Å². The van der Waals surface area contributed by atoms with Gasteiger partial charge in [-0.2, -0.15) is 0 Å². The zero-order valence-corrected chi connectivity index (χ0v) is 11.7. The van der Waals surface area contributed by atoms with Crippen LogP contribution in [0.3, 0.4) is 0 Å². The van der Waals surface area contributed by atoms with Gasteiger partial charge in [0.25, 0.3) is 0 Å². The van der Waals surface area contributed by atoms with Crippen LogP contribution >= 0.6 is 15.9 Å². The summed E-state index contributed by atoms with van der Waals surface area (Å²) in [7, 11) is 2.10. The molecule has 0 radical (unpaired) electrons. The molecule has 0 aliphatic rings. The van der Waals surface area contributed by atoms with E-state index in [-0.39, 0.29) is 0 Å². The van der Waals surface area contributed by atoms with Crippen molar-refractivity contribution in [2.45, 2.75) is 20.0 Å². The van der Waals surface area contributed by atoms with Gasteiger partial charge in [-0.1, -0.05) is 28.1 Å². The van der Waals surface area contributed by atoms with Gasteiger partial charge in [-0.3, -0.25) is 4.90 Å². The van der Waals surface area contributed by atoms with Crippen LogP contribution in [0, 0.1) is 6.92 Å². The second-order valence-corrected chi connectivity index (χ2v) is 5.23. The maximum atomic E-state index is 5.56. The quantitative estimate of drug-likeness (QED) is 0.848. The molecule has 0 bridgehead atoms. The zero-order chi connectivity index (χ0) is 12.3. The van der Waals surface area contributed by atoms with E-state index in [0.29, 0.717) is 0 Å². The number of halogens is 1. The summed E-state index contributed by atoms with van der Waals surface area (Å²) in [6.45, 7) is 3.72. The van der Waals surface area contributed by atoms with Crippen molar-refractivity contribution in [3.63, 3.8) is 0 Å². The van der Waals surface area contributed by atoms with E-state index in [4.69, 9.17) is 4.42 Å². The van der Waals surface area contributed by atoms with Gasteiger partial charge in [-0.05, 0) is 43.8 Å². The first-order valence-electron chi connectivity index (χ1n) is 5.62. The molecule has 0 aliphatic heterocycles. The molecule has 1 aromatic heterocycles. The van der Waals surface area contributed by atoms with Crippen LogP contribution in [0.15, 0.2) is 45.3 Å². The van der Waals surface area contributed by atoms with Gasteiger partial charge >= 0.3 is 0 Å². The number of rotatable bonds is 4. The minimum absolute atomic E-state index is 0.834. The lowest BCUT2D eigenvalue weighted by atomic mass is 10.2. The lowest BCUT2D eigenvalue weighted by molar-refractivity contribution is 0.285. The Morgan fingerprint density at radius 1 is 1.18 bits per heavy atom. The summed E-state index contributed by atoms with van der Waals surface area (Å²) in [6, 6.07) is 12.4. The van der Waals surface area contributed by atoms with E-state index in [2.05, 4.69) is 46.1 Å². The minimum Gasteiger partial charge on any atom is -0.465 e. The Balaban J connectivity index is 1.95. The molecule has 0 saturated carbocycles. The smallest absolute Gasteiger partial charge is 0.118 e. The standard InChI is InChI=1S/C14H16BrNO/c1-11-6-7-14(17-11)10-16(2)9-12-4-3-5-13(15)8-12/h3-8H,9-10H2,1-2H3. The van der Waals surface area contributed by atoms with Crippen molar-refractivity contribution >= 4 is 15.9 Å². The summed E-state index contributed by atoms with van der Waals surface area (Å²) in [6.07, 6.45) is 0. The monoisotopic (exact) mass is 293 g/mol. The SMILES string of the molecule is Cc1ccc(CN(C)Cc2cccc(Br)c2)o1. The molecule has 0 unspecified atom stereocenters. The van der Waals surface area contributed by atoms with Crippen LogP contribution in [0.4, 0.5) is 0 Å². The molecule has 0 spiro atoms. The van der Waals surface area contributed by atoms with Crippen LogP contribution < -0.4 is 0 Å². The van der Waals surface area contributed by atoms with Crippen LogP contribution in [0.5, 0.6) is 0 Å². The molecule has 0 fully saturated rings. The molecule has 1 heterocycles. The molecule has 0 saturated heterocycles.